The molecule has 1 aromatic heterocycles. The lowest BCUT2D eigenvalue weighted by Gasteiger charge is -2.13. The maximum absolute atomic E-state index is 12.2. The summed E-state index contributed by atoms with van der Waals surface area (Å²) < 4.78 is 10.8. The van der Waals surface area contributed by atoms with E-state index < -0.39 is 11.5 Å². The van der Waals surface area contributed by atoms with Crippen LogP contribution < -0.4 is 20.3 Å². The van der Waals surface area contributed by atoms with Gasteiger partial charge in [0.2, 0.25) is 5.75 Å². The zero-order valence-corrected chi connectivity index (χ0v) is 13.0. The summed E-state index contributed by atoms with van der Waals surface area (Å²) in [5, 5.41) is 3.71. The molecule has 0 fully saturated rings. The molecule has 6 nitrogen and oxygen atoms in total. The van der Waals surface area contributed by atoms with Crippen molar-refractivity contribution in [3.05, 3.63) is 28.6 Å². The Labute approximate surface area is 128 Å². The van der Waals surface area contributed by atoms with E-state index in [1.54, 1.807) is 13.1 Å². The van der Waals surface area contributed by atoms with Crippen LogP contribution in [0.5, 0.6) is 11.5 Å². The number of hydrogen-bond acceptors (Lipinski definition) is 5. The van der Waals surface area contributed by atoms with Crippen LogP contribution in [0.1, 0.15) is 26.7 Å². The minimum absolute atomic E-state index is 0.0895. The lowest BCUT2D eigenvalue weighted by molar-refractivity contribution is -0.132. The summed E-state index contributed by atoms with van der Waals surface area (Å²) in [6.45, 7) is 3.76. The molecule has 6 heteroatoms. The number of esters is 1. The first-order chi connectivity index (χ1) is 10.6. The summed E-state index contributed by atoms with van der Waals surface area (Å²) in [6, 6.07) is 5.50. The molecule has 22 heavy (non-hydrogen) atoms. The van der Waals surface area contributed by atoms with Crippen molar-refractivity contribution in [1.29, 1.82) is 0 Å². The number of anilines is 1. The van der Waals surface area contributed by atoms with E-state index in [2.05, 4.69) is 10.3 Å². The van der Waals surface area contributed by atoms with Gasteiger partial charge in [-0.25, -0.2) is 0 Å². The van der Waals surface area contributed by atoms with Gasteiger partial charge in [-0.2, -0.15) is 0 Å². The summed E-state index contributed by atoms with van der Waals surface area (Å²) in [7, 11) is 1.80. The first-order valence-corrected chi connectivity index (χ1v) is 7.25. The number of H-pyrrole nitrogens is 1. The minimum atomic E-state index is -0.558. The Balaban J connectivity index is 2.59. The van der Waals surface area contributed by atoms with E-state index in [-0.39, 0.29) is 5.75 Å². The molecule has 0 spiro atoms. The van der Waals surface area contributed by atoms with Crippen LogP contribution in [0.15, 0.2) is 23.0 Å². The Morgan fingerprint density at radius 1 is 1.32 bits per heavy atom. The molecule has 2 rings (SSSR count). The van der Waals surface area contributed by atoms with E-state index in [9.17, 15) is 9.59 Å². The highest BCUT2D eigenvalue weighted by molar-refractivity contribution is 5.90. The van der Waals surface area contributed by atoms with Crippen LogP contribution in [0.3, 0.4) is 0 Å². The van der Waals surface area contributed by atoms with Gasteiger partial charge >= 0.3 is 5.97 Å². The van der Waals surface area contributed by atoms with E-state index in [1.165, 1.54) is 6.92 Å². The van der Waals surface area contributed by atoms with Gasteiger partial charge in [0.05, 0.1) is 12.1 Å². The maximum Gasteiger partial charge on any atom is 0.308 e. The van der Waals surface area contributed by atoms with Crippen LogP contribution in [-0.4, -0.2) is 24.6 Å². The van der Waals surface area contributed by atoms with Crippen LogP contribution in [0.25, 0.3) is 10.9 Å². The van der Waals surface area contributed by atoms with Crippen LogP contribution in [0.2, 0.25) is 0 Å². The molecule has 0 bridgehead atoms. The molecule has 2 N–H and O–H groups in total. The van der Waals surface area contributed by atoms with Crippen LogP contribution in [0.4, 0.5) is 5.69 Å². The summed E-state index contributed by atoms with van der Waals surface area (Å²) in [4.78, 5) is 26.1. The van der Waals surface area contributed by atoms with Gasteiger partial charge in [-0.05, 0) is 24.6 Å². The Kier molecular flexibility index (Phi) is 5.04. The van der Waals surface area contributed by atoms with Crippen molar-refractivity contribution >= 4 is 22.6 Å². The molecule has 1 heterocycles. The molecule has 0 aliphatic heterocycles. The quantitative estimate of drug-likeness (QED) is 0.633. The molecule has 0 saturated carbocycles. The van der Waals surface area contributed by atoms with Gasteiger partial charge in [-0.1, -0.05) is 13.3 Å². The first-order valence-electron chi connectivity index (χ1n) is 7.25. The van der Waals surface area contributed by atoms with Crippen LogP contribution in [0, 0.1) is 0 Å². The normalized spacial score (nSPS) is 10.5. The van der Waals surface area contributed by atoms with Crippen molar-refractivity contribution in [3.8, 4) is 11.5 Å². The topological polar surface area (TPSA) is 80.4 Å². The standard InChI is InChI=1S/C16H20N2O4/c1-4-5-8-21-14-12-7-6-11(17-3)9-13(12)18-16(20)15(14)22-10(2)19/h6-7,9,17H,4-5,8H2,1-3H3,(H,18,20). The summed E-state index contributed by atoms with van der Waals surface area (Å²) >= 11 is 0. The lowest BCUT2D eigenvalue weighted by Crippen LogP contribution is -2.16. The fraction of sp³-hybridized carbons (Fsp3) is 0.375. The number of pyridine rings is 1. The summed E-state index contributed by atoms with van der Waals surface area (Å²) in [5.74, 6) is -0.338. The molecule has 0 radical (unpaired) electrons. The fourth-order valence-corrected chi connectivity index (χ4v) is 2.10. The zero-order valence-electron chi connectivity index (χ0n) is 13.0. The van der Waals surface area contributed by atoms with Crippen LogP contribution in [-0.2, 0) is 4.79 Å². The largest absolute Gasteiger partial charge is 0.489 e. The van der Waals surface area contributed by atoms with E-state index in [0.717, 1.165) is 18.5 Å². The van der Waals surface area contributed by atoms with Crippen molar-refractivity contribution in [2.45, 2.75) is 26.7 Å². The van der Waals surface area contributed by atoms with Gasteiger partial charge in [-0.15, -0.1) is 0 Å². The van der Waals surface area contributed by atoms with E-state index in [4.69, 9.17) is 9.47 Å². The Hall–Kier alpha value is -2.50. The molecule has 0 aliphatic carbocycles. The van der Waals surface area contributed by atoms with Gasteiger partial charge in [0.15, 0.2) is 5.75 Å². The maximum atomic E-state index is 12.2. The number of benzene rings is 1. The number of hydrogen-bond donors (Lipinski definition) is 2. The summed E-state index contributed by atoms with van der Waals surface area (Å²) in [6.07, 6.45) is 1.82. The minimum Gasteiger partial charge on any atom is -0.489 e. The molecule has 0 saturated heterocycles. The predicted molar refractivity (Wildman–Crippen MR) is 85.8 cm³/mol. The lowest BCUT2D eigenvalue weighted by atomic mass is 10.1. The molecule has 2 aromatic rings. The smallest absolute Gasteiger partial charge is 0.308 e. The molecule has 0 amide bonds. The Bertz CT molecular complexity index is 737. The van der Waals surface area contributed by atoms with Crippen molar-refractivity contribution in [1.82, 2.24) is 4.98 Å². The number of aromatic nitrogens is 1. The number of rotatable bonds is 6. The van der Waals surface area contributed by atoms with Gasteiger partial charge in [0.1, 0.15) is 0 Å². The molecule has 0 atom stereocenters. The Morgan fingerprint density at radius 3 is 2.73 bits per heavy atom. The average molecular weight is 304 g/mol. The number of fused-ring (bicyclic) bond motifs is 1. The average Bonchev–Trinajstić information content (AvgIpc) is 2.49. The molecular formula is C16H20N2O4. The molecule has 0 unspecified atom stereocenters. The summed E-state index contributed by atoms with van der Waals surface area (Å²) in [5.41, 5.74) is 1.00. The van der Waals surface area contributed by atoms with E-state index in [1.807, 2.05) is 19.1 Å². The number of carbonyl (C=O) groups excluding carboxylic acids is 1. The monoisotopic (exact) mass is 304 g/mol. The molecule has 0 aliphatic rings. The third kappa shape index (κ3) is 3.39. The molecule has 118 valence electrons. The fourth-order valence-electron chi connectivity index (χ4n) is 2.10. The highest BCUT2D eigenvalue weighted by Crippen LogP contribution is 2.33. The number of aromatic amines is 1. The van der Waals surface area contributed by atoms with Gasteiger partial charge in [-0.3, -0.25) is 9.59 Å². The molecular weight excluding hydrogens is 284 g/mol. The SMILES string of the molecule is CCCCOc1c(OC(C)=O)c(=O)[nH]c2cc(NC)ccc12. The third-order valence-electron chi connectivity index (χ3n) is 3.20. The second kappa shape index (κ2) is 6.98. The van der Waals surface area contributed by atoms with Gasteiger partial charge in [0, 0.05) is 25.0 Å². The predicted octanol–water partition coefficient (Wildman–Crippen LogP) is 2.67. The van der Waals surface area contributed by atoms with Crippen molar-refractivity contribution in [3.63, 3.8) is 0 Å². The van der Waals surface area contributed by atoms with Crippen molar-refractivity contribution in [2.75, 3.05) is 19.0 Å². The van der Waals surface area contributed by atoms with E-state index >= 15 is 0 Å². The van der Waals surface area contributed by atoms with Gasteiger partial charge in [0.25, 0.3) is 5.56 Å². The Morgan fingerprint density at radius 2 is 2.09 bits per heavy atom. The second-order valence-electron chi connectivity index (χ2n) is 4.92. The number of unbranched alkanes of at least 4 members (excludes halogenated alkanes) is 1. The highest BCUT2D eigenvalue weighted by Gasteiger charge is 2.17. The third-order valence-corrected chi connectivity index (χ3v) is 3.20. The van der Waals surface area contributed by atoms with Crippen molar-refractivity contribution < 1.29 is 14.3 Å². The number of ether oxygens (including phenoxy) is 2. The van der Waals surface area contributed by atoms with E-state index in [0.29, 0.717) is 23.3 Å². The number of carbonyl (C=O) groups is 1. The van der Waals surface area contributed by atoms with Crippen LogP contribution >= 0.6 is 0 Å². The number of nitrogens with one attached hydrogen (secondary N) is 2. The molecule has 1 aromatic carbocycles. The highest BCUT2D eigenvalue weighted by atomic mass is 16.6. The first kappa shape index (κ1) is 15.9. The van der Waals surface area contributed by atoms with Gasteiger partial charge < -0.3 is 19.8 Å². The van der Waals surface area contributed by atoms with Crippen molar-refractivity contribution in [2.24, 2.45) is 0 Å². The second-order valence-corrected chi connectivity index (χ2v) is 4.92. The zero-order chi connectivity index (χ0) is 16.1.